The lowest BCUT2D eigenvalue weighted by Crippen LogP contribution is -2.40. The molecule has 1 heterocycles. The van der Waals surface area contributed by atoms with Crippen LogP contribution in [0.25, 0.3) is 0 Å². The number of aliphatic imine (C=N–C) groups is 1. The molecular weight excluding hydrogens is 445 g/mol. The molecule has 2 rings (SSSR count). The number of aromatic nitrogens is 1. The molecule has 1 aromatic rings. The number of carbonyl (C=O) groups is 1. The van der Waals surface area contributed by atoms with E-state index in [1.54, 1.807) is 0 Å². The lowest BCUT2D eigenvalue weighted by molar-refractivity contribution is -0.120. The van der Waals surface area contributed by atoms with Gasteiger partial charge in [-0.15, -0.1) is 24.0 Å². The highest BCUT2D eigenvalue weighted by molar-refractivity contribution is 14.0. The maximum Gasteiger partial charge on any atom is 0.242 e. The summed E-state index contributed by atoms with van der Waals surface area (Å²) in [6.45, 7) is 7.47. The molecular formula is C18H32IN5O2. The van der Waals surface area contributed by atoms with E-state index in [1.165, 1.54) is 19.3 Å². The Hall–Kier alpha value is -1.32. The number of hydrogen-bond donors (Lipinski definition) is 3. The van der Waals surface area contributed by atoms with Crippen molar-refractivity contribution in [1.29, 1.82) is 0 Å². The van der Waals surface area contributed by atoms with E-state index in [4.69, 9.17) is 4.52 Å². The lowest BCUT2D eigenvalue weighted by Gasteiger charge is -2.22. The Labute approximate surface area is 173 Å². The van der Waals surface area contributed by atoms with Crippen LogP contribution in [-0.4, -0.2) is 36.2 Å². The molecule has 0 unspecified atom stereocenters. The highest BCUT2D eigenvalue weighted by Gasteiger charge is 2.15. The van der Waals surface area contributed by atoms with Crippen LogP contribution in [-0.2, 0) is 11.3 Å². The first-order valence-corrected chi connectivity index (χ1v) is 9.35. The van der Waals surface area contributed by atoms with Gasteiger partial charge in [0.1, 0.15) is 6.54 Å². The number of nitrogens with zero attached hydrogens (tertiary/aromatic N) is 2. The molecule has 1 aliphatic carbocycles. The predicted octanol–water partition coefficient (Wildman–Crippen LogP) is 2.92. The molecule has 7 nitrogen and oxygen atoms in total. The second kappa shape index (κ2) is 12.1. The third-order valence-corrected chi connectivity index (χ3v) is 4.29. The summed E-state index contributed by atoms with van der Waals surface area (Å²) < 4.78 is 5.31. The van der Waals surface area contributed by atoms with E-state index in [-0.39, 0.29) is 36.4 Å². The van der Waals surface area contributed by atoms with Gasteiger partial charge in [0, 0.05) is 18.7 Å². The Balaban J connectivity index is 0.00000338. The van der Waals surface area contributed by atoms with E-state index < -0.39 is 0 Å². The van der Waals surface area contributed by atoms with Crippen LogP contribution in [0, 0.1) is 0 Å². The van der Waals surface area contributed by atoms with E-state index in [0.717, 1.165) is 30.8 Å². The Kier molecular flexibility index (Phi) is 10.6. The van der Waals surface area contributed by atoms with Crippen molar-refractivity contribution in [2.24, 2.45) is 4.99 Å². The molecule has 1 aromatic heterocycles. The fourth-order valence-electron chi connectivity index (χ4n) is 2.87. The second-order valence-corrected chi connectivity index (χ2v) is 6.82. The zero-order valence-corrected chi connectivity index (χ0v) is 18.3. The third-order valence-electron chi connectivity index (χ3n) is 4.29. The van der Waals surface area contributed by atoms with Crippen LogP contribution in [0.3, 0.4) is 0 Å². The van der Waals surface area contributed by atoms with E-state index in [0.29, 0.717) is 24.5 Å². The topological polar surface area (TPSA) is 91.5 Å². The SMILES string of the molecule is CCNC(=NCC(=O)NC1CCCCC1)NCc1cc(C(C)C)no1.I. The zero-order chi connectivity index (χ0) is 18.1. The first-order valence-electron chi connectivity index (χ1n) is 9.35. The molecule has 0 spiro atoms. The van der Waals surface area contributed by atoms with Crippen molar-refractivity contribution in [3.05, 3.63) is 17.5 Å². The molecule has 0 bridgehead atoms. The number of guanidine groups is 1. The Morgan fingerprint density at radius 3 is 2.65 bits per heavy atom. The quantitative estimate of drug-likeness (QED) is 0.319. The van der Waals surface area contributed by atoms with Crippen molar-refractivity contribution >= 4 is 35.8 Å². The third kappa shape index (κ3) is 7.92. The summed E-state index contributed by atoms with van der Waals surface area (Å²) in [5.74, 6) is 1.67. The number of rotatable bonds is 7. The molecule has 0 radical (unpaired) electrons. The molecule has 1 amide bonds. The number of hydrogen-bond acceptors (Lipinski definition) is 4. The van der Waals surface area contributed by atoms with Crippen LogP contribution >= 0.6 is 24.0 Å². The van der Waals surface area contributed by atoms with Crippen LogP contribution in [0.4, 0.5) is 0 Å². The van der Waals surface area contributed by atoms with Crippen LogP contribution in [0.5, 0.6) is 0 Å². The fourth-order valence-corrected chi connectivity index (χ4v) is 2.87. The maximum atomic E-state index is 12.1. The van der Waals surface area contributed by atoms with Crippen LogP contribution in [0.1, 0.15) is 70.2 Å². The molecule has 1 saturated carbocycles. The van der Waals surface area contributed by atoms with Gasteiger partial charge < -0.3 is 20.5 Å². The van der Waals surface area contributed by atoms with Crippen molar-refractivity contribution in [3.8, 4) is 0 Å². The minimum atomic E-state index is -0.0223. The molecule has 8 heteroatoms. The summed E-state index contributed by atoms with van der Waals surface area (Å²) in [7, 11) is 0. The molecule has 0 saturated heterocycles. The second-order valence-electron chi connectivity index (χ2n) is 6.82. The number of carbonyl (C=O) groups excluding carboxylic acids is 1. The zero-order valence-electron chi connectivity index (χ0n) is 16.0. The molecule has 1 fully saturated rings. The van der Waals surface area contributed by atoms with Gasteiger partial charge in [0.05, 0.1) is 12.2 Å². The molecule has 1 aliphatic rings. The van der Waals surface area contributed by atoms with Crippen molar-refractivity contribution < 1.29 is 9.32 Å². The highest BCUT2D eigenvalue weighted by atomic mass is 127. The molecule has 148 valence electrons. The van der Waals surface area contributed by atoms with Gasteiger partial charge in [0.2, 0.25) is 5.91 Å². The Bertz CT molecular complexity index is 568. The minimum absolute atomic E-state index is 0. The van der Waals surface area contributed by atoms with Crippen LogP contribution in [0.15, 0.2) is 15.6 Å². The van der Waals surface area contributed by atoms with Gasteiger partial charge in [-0.05, 0) is 25.7 Å². The van der Waals surface area contributed by atoms with Crippen LogP contribution < -0.4 is 16.0 Å². The van der Waals surface area contributed by atoms with Gasteiger partial charge in [-0.2, -0.15) is 0 Å². The number of amides is 1. The van der Waals surface area contributed by atoms with E-state index in [1.807, 2.05) is 13.0 Å². The van der Waals surface area contributed by atoms with Crippen molar-refractivity contribution in [1.82, 2.24) is 21.1 Å². The van der Waals surface area contributed by atoms with E-state index in [2.05, 4.69) is 39.9 Å². The van der Waals surface area contributed by atoms with Crippen molar-refractivity contribution in [2.75, 3.05) is 13.1 Å². The highest BCUT2D eigenvalue weighted by Crippen LogP contribution is 2.17. The molecule has 26 heavy (non-hydrogen) atoms. The van der Waals surface area contributed by atoms with Crippen molar-refractivity contribution in [3.63, 3.8) is 0 Å². The van der Waals surface area contributed by atoms with Crippen LogP contribution in [0.2, 0.25) is 0 Å². The average Bonchev–Trinajstić information content (AvgIpc) is 3.07. The van der Waals surface area contributed by atoms with Gasteiger partial charge in [-0.3, -0.25) is 4.79 Å². The van der Waals surface area contributed by atoms with Crippen molar-refractivity contribution in [2.45, 2.75) is 71.4 Å². The van der Waals surface area contributed by atoms with Gasteiger partial charge in [-0.25, -0.2) is 4.99 Å². The monoisotopic (exact) mass is 477 g/mol. The Morgan fingerprint density at radius 2 is 2.04 bits per heavy atom. The van der Waals surface area contributed by atoms with E-state index >= 15 is 0 Å². The molecule has 0 aliphatic heterocycles. The van der Waals surface area contributed by atoms with Gasteiger partial charge in [0.15, 0.2) is 11.7 Å². The first-order chi connectivity index (χ1) is 12.1. The summed E-state index contributed by atoms with van der Waals surface area (Å²) in [5.41, 5.74) is 0.936. The fraction of sp³-hybridized carbons (Fsp3) is 0.722. The maximum absolute atomic E-state index is 12.1. The van der Waals surface area contributed by atoms with Gasteiger partial charge in [-0.1, -0.05) is 38.3 Å². The number of halogens is 1. The van der Waals surface area contributed by atoms with Gasteiger partial charge >= 0.3 is 0 Å². The average molecular weight is 477 g/mol. The molecule has 0 atom stereocenters. The standard InChI is InChI=1S/C18H31N5O2.HI/c1-4-19-18(20-11-15-10-16(13(2)3)23-25-15)21-12-17(24)22-14-8-6-5-7-9-14;/h10,13-14H,4-9,11-12H2,1-3H3,(H,22,24)(H2,19,20,21);1H. The number of nitrogens with one attached hydrogen (secondary N) is 3. The summed E-state index contributed by atoms with van der Waals surface area (Å²) >= 11 is 0. The lowest BCUT2D eigenvalue weighted by atomic mass is 9.95. The molecule has 0 aromatic carbocycles. The summed E-state index contributed by atoms with van der Waals surface area (Å²) in [4.78, 5) is 16.4. The minimum Gasteiger partial charge on any atom is -0.359 e. The Morgan fingerprint density at radius 1 is 1.31 bits per heavy atom. The smallest absolute Gasteiger partial charge is 0.242 e. The molecule has 3 N–H and O–H groups in total. The first kappa shape index (κ1) is 22.7. The van der Waals surface area contributed by atoms with E-state index in [9.17, 15) is 4.79 Å². The normalized spacial score (nSPS) is 15.5. The van der Waals surface area contributed by atoms with Gasteiger partial charge in [0.25, 0.3) is 0 Å². The largest absolute Gasteiger partial charge is 0.359 e. The summed E-state index contributed by atoms with van der Waals surface area (Å²) in [5, 5.41) is 13.4. The summed E-state index contributed by atoms with van der Waals surface area (Å²) in [6, 6.07) is 2.26. The summed E-state index contributed by atoms with van der Waals surface area (Å²) in [6.07, 6.45) is 5.84. The predicted molar refractivity (Wildman–Crippen MR) is 114 cm³/mol.